The van der Waals surface area contributed by atoms with Gasteiger partial charge in [0.15, 0.2) is 0 Å². The number of hydrogen-bond donors (Lipinski definition) is 2. The van der Waals surface area contributed by atoms with Gasteiger partial charge in [0.2, 0.25) is 5.91 Å². The lowest BCUT2D eigenvalue weighted by Crippen LogP contribution is -2.35. The normalized spacial score (nSPS) is 16.6. The maximum Gasteiger partial charge on any atom is 0.336 e. The van der Waals surface area contributed by atoms with Gasteiger partial charge in [-0.1, -0.05) is 28.8 Å². The van der Waals surface area contributed by atoms with Gasteiger partial charge in [-0.2, -0.15) is 0 Å². The summed E-state index contributed by atoms with van der Waals surface area (Å²) in [5, 5.41) is 12.0. The zero-order chi connectivity index (χ0) is 15.4. The van der Waals surface area contributed by atoms with Crippen molar-refractivity contribution < 1.29 is 18.9 Å². The number of aromatic carboxylic acids is 1. The number of halogens is 1. The highest BCUT2D eigenvalue weighted by Gasteiger charge is 2.21. The van der Waals surface area contributed by atoms with Crippen LogP contribution in [0.4, 0.5) is 0 Å². The monoisotopic (exact) mass is 373 g/mol. The molecule has 114 valence electrons. The molecule has 1 unspecified atom stereocenters. The minimum atomic E-state index is -1.68. The molecule has 1 aromatic rings. The van der Waals surface area contributed by atoms with Crippen molar-refractivity contribution >= 4 is 38.6 Å². The predicted molar refractivity (Wildman–Crippen MR) is 82.8 cm³/mol. The Balaban J connectivity index is 2.07. The van der Waals surface area contributed by atoms with Gasteiger partial charge in [-0.25, -0.2) is 4.79 Å². The Morgan fingerprint density at radius 1 is 1.33 bits per heavy atom. The van der Waals surface area contributed by atoms with Crippen LogP contribution >= 0.6 is 15.9 Å². The maximum atomic E-state index is 12.3. The molecule has 0 radical (unpaired) electrons. The quantitative estimate of drug-likeness (QED) is 0.829. The van der Waals surface area contributed by atoms with Gasteiger partial charge in [-0.15, -0.1) is 0 Å². The molecule has 0 spiro atoms. The number of carbonyl (C=O) groups excluding carboxylic acids is 1. The molecule has 2 rings (SSSR count). The van der Waals surface area contributed by atoms with Crippen molar-refractivity contribution in [1.82, 2.24) is 5.32 Å². The van der Waals surface area contributed by atoms with Gasteiger partial charge in [0, 0.05) is 10.5 Å². The van der Waals surface area contributed by atoms with Crippen LogP contribution in [0, 0.1) is 0 Å². The number of carboxylic acids is 1. The molecule has 5 nitrogen and oxygen atoms in total. The minimum absolute atomic E-state index is 0.0369. The molecule has 1 saturated carbocycles. The molecule has 1 aliphatic rings. The van der Waals surface area contributed by atoms with Crippen molar-refractivity contribution in [2.24, 2.45) is 0 Å². The average Bonchev–Trinajstić information content (AvgIpc) is 2.90. The van der Waals surface area contributed by atoms with E-state index >= 15 is 0 Å². The smallest absolute Gasteiger partial charge is 0.336 e. The molecule has 1 amide bonds. The van der Waals surface area contributed by atoms with Crippen molar-refractivity contribution in [2.45, 2.75) is 36.6 Å². The van der Waals surface area contributed by atoms with Crippen LogP contribution in [0.15, 0.2) is 27.6 Å². The maximum absolute atomic E-state index is 12.3. The first-order valence-electron chi connectivity index (χ1n) is 6.68. The van der Waals surface area contributed by atoms with E-state index in [1.54, 1.807) is 6.07 Å². The number of nitrogens with one attached hydrogen (secondary N) is 1. The van der Waals surface area contributed by atoms with E-state index in [-0.39, 0.29) is 28.2 Å². The van der Waals surface area contributed by atoms with Crippen LogP contribution in [0.25, 0.3) is 0 Å². The zero-order valence-corrected chi connectivity index (χ0v) is 13.7. The topological polar surface area (TPSA) is 83.5 Å². The van der Waals surface area contributed by atoms with Crippen molar-refractivity contribution in [1.29, 1.82) is 0 Å². The standard InChI is InChI=1S/C14H16BrNO4S/c15-9-5-6-11(14(18)19)12(7-9)21(20)8-13(17)16-10-3-1-2-4-10/h5-7,10H,1-4,8H2,(H,16,17)(H,18,19). The fourth-order valence-electron chi connectivity index (χ4n) is 2.40. The summed E-state index contributed by atoms with van der Waals surface area (Å²) in [6.07, 6.45) is 4.11. The molecule has 7 heteroatoms. The lowest BCUT2D eigenvalue weighted by molar-refractivity contribution is -0.119. The SMILES string of the molecule is O=C(CS(=O)c1cc(Br)ccc1C(=O)O)NC1CCCC1. The van der Waals surface area contributed by atoms with E-state index in [2.05, 4.69) is 21.2 Å². The molecule has 0 aliphatic heterocycles. The summed E-state index contributed by atoms with van der Waals surface area (Å²) in [7, 11) is -1.68. The Morgan fingerprint density at radius 2 is 2.00 bits per heavy atom. The highest BCUT2D eigenvalue weighted by molar-refractivity contribution is 9.10. The van der Waals surface area contributed by atoms with Crippen molar-refractivity contribution in [3.05, 3.63) is 28.2 Å². The first kappa shape index (κ1) is 16.2. The molecule has 0 saturated heterocycles. The van der Waals surface area contributed by atoms with Gasteiger partial charge in [0.1, 0.15) is 5.75 Å². The number of amides is 1. The fourth-order valence-corrected chi connectivity index (χ4v) is 4.05. The number of carbonyl (C=O) groups is 2. The van der Waals surface area contributed by atoms with E-state index in [4.69, 9.17) is 5.11 Å². The van der Waals surface area contributed by atoms with Crippen LogP contribution in [0.1, 0.15) is 36.0 Å². The summed E-state index contributed by atoms with van der Waals surface area (Å²) in [5.41, 5.74) is -0.0369. The first-order chi connectivity index (χ1) is 9.97. The molecule has 1 aromatic carbocycles. The molecule has 2 N–H and O–H groups in total. The van der Waals surface area contributed by atoms with Crippen molar-refractivity contribution in [2.75, 3.05) is 5.75 Å². The lowest BCUT2D eigenvalue weighted by atomic mass is 10.2. The Hall–Kier alpha value is -1.21. The van der Waals surface area contributed by atoms with E-state index in [1.165, 1.54) is 12.1 Å². The van der Waals surface area contributed by atoms with Crippen molar-refractivity contribution in [3.63, 3.8) is 0 Å². The molecular formula is C14H16BrNO4S. The number of hydrogen-bond acceptors (Lipinski definition) is 3. The third-order valence-corrected chi connectivity index (χ3v) is 5.25. The predicted octanol–water partition coefficient (Wildman–Crippen LogP) is 2.31. The highest BCUT2D eigenvalue weighted by atomic mass is 79.9. The van der Waals surface area contributed by atoms with E-state index in [0.29, 0.717) is 4.47 Å². The summed E-state index contributed by atoms with van der Waals surface area (Å²) in [5.74, 6) is -1.66. The molecular weight excluding hydrogens is 358 g/mol. The Kier molecular flexibility index (Phi) is 5.52. The number of carboxylic acid groups (broad SMARTS) is 1. The molecule has 0 aromatic heterocycles. The molecule has 1 fully saturated rings. The Labute approximate surface area is 133 Å². The third kappa shape index (κ3) is 4.38. The van der Waals surface area contributed by atoms with E-state index in [0.717, 1.165) is 25.7 Å². The van der Waals surface area contributed by atoms with Gasteiger partial charge in [-0.05, 0) is 31.0 Å². The van der Waals surface area contributed by atoms with Crippen LogP contribution < -0.4 is 5.32 Å². The van der Waals surface area contributed by atoms with Gasteiger partial charge in [0.25, 0.3) is 0 Å². The van der Waals surface area contributed by atoms with Crippen LogP contribution in [0.2, 0.25) is 0 Å². The van der Waals surface area contributed by atoms with Gasteiger partial charge < -0.3 is 10.4 Å². The van der Waals surface area contributed by atoms with Crippen LogP contribution in [-0.2, 0) is 15.6 Å². The van der Waals surface area contributed by atoms with Gasteiger partial charge >= 0.3 is 5.97 Å². The zero-order valence-electron chi connectivity index (χ0n) is 11.3. The number of rotatable bonds is 5. The molecule has 0 heterocycles. The first-order valence-corrected chi connectivity index (χ1v) is 8.79. The van der Waals surface area contributed by atoms with Crippen LogP contribution in [0.3, 0.4) is 0 Å². The third-order valence-electron chi connectivity index (χ3n) is 3.40. The van der Waals surface area contributed by atoms with E-state index in [9.17, 15) is 13.8 Å². The van der Waals surface area contributed by atoms with E-state index in [1.807, 2.05) is 0 Å². The van der Waals surface area contributed by atoms with Crippen LogP contribution in [-0.4, -0.2) is 33.0 Å². The second-order valence-corrected chi connectivity index (χ2v) is 7.32. The summed E-state index contributed by atoms with van der Waals surface area (Å²) in [6, 6.07) is 4.61. The summed E-state index contributed by atoms with van der Waals surface area (Å²) < 4.78 is 12.9. The summed E-state index contributed by atoms with van der Waals surface area (Å²) >= 11 is 3.22. The Bertz CT molecular complexity index is 584. The summed E-state index contributed by atoms with van der Waals surface area (Å²) in [6.45, 7) is 0. The summed E-state index contributed by atoms with van der Waals surface area (Å²) in [4.78, 5) is 23.2. The minimum Gasteiger partial charge on any atom is -0.478 e. The number of benzene rings is 1. The molecule has 0 bridgehead atoms. The lowest BCUT2D eigenvalue weighted by Gasteiger charge is -2.12. The van der Waals surface area contributed by atoms with Gasteiger partial charge in [-0.3, -0.25) is 9.00 Å². The fraction of sp³-hybridized carbons (Fsp3) is 0.429. The molecule has 1 aliphatic carbocycles. The highest BCUT2D eigenvalue weighted by Crippen LogP contribution is 2.21. The molecule has 1 atom stereocenters. The van der Waals surface area contributed by atoms with E-state index < -0.39 is 16.8 Å². The van der Waals surface area contributed by atoms with Crippen molar-refractivity contribution in [3.8, 4) is 0 Å². The largest absolute Gasteiger partial charge is 0.478 e. The second kappa shape index (κ2) is 7.17. The molecule has 21 heavy (non-hydrogen) atoms. The Morgan fingerprint density at radius 3 is 2.62 bits per heavy atom. The van der Waals surface area contributed by atoms with Crippen LogP contribution in [0.5, 0.6) is 0 Å². The second-order valence-electron chi connectivity index (χ2n) is 4.98. The average molecular weight is 374 g/mol. The van der Waals surface area contributed by atoms with Gasteiger partial charge in [0.05, 0.1) is 21.3 Å².